The minimum atomic E-state index is -3.51. The first-order valence-corrected chi connectivity index (χ1v) is 8.07. The average Bonchev–Trinajstić information content (AvgIpc) is 2.31. The topological polar surface area (TPSA) is 58.2 Å². The van der Waals surface area contributed by atoms with Crippen molar-refractivity contribution in [2.24, 2.45) is 5.92 Å². The molecule has 0 fully saturated rings. The molecule has 1 aromatic rings. The summed E-state index contributed by atoms with van der Waals surface area (Å²) in [6.45, 7) is 6.71. The molecule has 1 aromatic carbocycles. The van der Waals surface area contributed by atoms with E-state index in [0.717, 1.165) is 11.1 Å². The Morgan fingerprint density at radius 1 is 1.32 bits per heavy atom. The standard InChI is InChI=1S/C13H21ClN2O2S/c1-9(2)7-16-19(17,18)13-6-12(14)5-11(8-15-4)10(13)3/h5-6,9,15-16H,7-8H2,1-4H3. The monoisotopic (exact) mass is 304 g/mol. The van der Waals surface area contributed by atoms with Crippen LogP contribution >= 0.6 is 11.6 Å². The van der Waals surface area contributed by atoms with Gasteiger partial charge in [-0.05, 0) is 43.1 Å². The van der Waals surface area contributed by atoms with E-state index >= 15 is 0 Å². The molecule has 0 amide bonds. The Labute approximate surface area is 120 Å². The molecule has 0 bridgehead atoms. The molecule has 0 radical (unpaired) electrons. The number of hydrogen-bond acceptors (Lipinski definition) is 3. The van der Waals surface area contributed by atoms with Crippen LogP contribution in [-0.2, 0) is 16.6 Å². The van der Waals surface area contributed by atoms with E-state index in [4.69, 9.17) is 11.6 Å². The van der Waals surface area contributed by atoms with Crippen LogP contribution in [0.1, 0.15) is 25.0 Å². The number of hydrogen-bond donors (Lipinski definition) is 2. The molecule has 0 aliphatic rings. The first kappa shape index (κ1) is 16.4. The fourth-order valence-electron chi connectivity index (χ4n) is 1.72. The molecule has 108 valence electrons. The van der Waals surface area contributed by atoms with Gasteiger partial charge in [-0.25, -0.2) is 13.1 Å². The summed E-state index contributed by atoms with van der Waals surface area (Å²) in [5.74, 6) is 0.256. The van der Waals surface area contributed by atoms with Crippen molar-refractivity contribution in [1.82, 2.24) is 10.0 Å². The molecular weight excluding hydrogens is 284 g/mol. The van der Waals surface area contributed by atoms with E-state index in [0.29, 0.717) is 18.1 Å². The van der Waals surface area contributed by atoms with Gasteiger partial charge in [-0.15, -0.1) is 0 Å². The van der Waals surface area contributed by atoms with Gasteiger partial charge in [0.2, 0.25) is 10.0 Å². The van der Waals surface area contributed by atoms with E-state index in [2.05, 4.69) is 10.0 Å². The summed E-state index contributed by atoms with van der Waals surface area (Å²) < 4.78 is 27.2. The number of rotatable bonds is 6. The van der Waals surface area contributed by atoms with Gasteiger partial charge in [0.1, 0.15) is 0 Å². The van der Waals surface area contributed by atoms with E-state index < -0.39 is 10.0 Å². The molecule has 0 aromatic heterocycles. The predicted molar refractivity (Wildman–Crippen MR) is 79.0 cm³/mol. The van der Waals surface area contributed by atoms with E-state index in [9.17, 15) is 8.42 Å². The third-order valence-electron chi connectivity index (χ3n) is 2.77. The van der Waals surface area contributed by atoms with Crippen LogP contribution < -0.4 is 10.0 Å². The van der Waals surface area contributed by atoms with Crippen molar-refractivity contribution in [1.29, 1.82) is 0 Å². The second-order valence-electron chi connectivity index (χ2n) is 4.96. The summed E-state index contributed by atoms with van der Waals surface area (Å²) in [4.78, 5) is 0.255. The van der Waals surface area contributed by atoms with Gasteiger partial charge in [-0.2, -0.15) is 0 Å². The number of sulfonamides is 1. The smallest absolute Gasteiger partial charge is 0.240 e. The molecule has 0 aliphatic carbocycles. The second-order valence-corrected chi connectivity index (χ2v) is 7.14. The molecule has 2 N–H and O–H groups in total. The molecule has 4 nitrogen and oxygen atoms in total. The molecule has 1 rings (SSSR count). The summed E-state index contributed by atoms with van der Waals surface area (Å²) in [7, 11) is -1.70. The van der Waals surface area contributed by atoms with E-state index in [1.807, 2.05) is 20.9 Å². The summed E-state index contributed by atoms with van der Waals surface area (Å²) in [6.07, 6.45) is 0. The van der Waals surface area contributed by atoms with Gasteiger partial charge < -0.3 is 5.32 Å². The molecule has 0 aliphatic heterocycles. The highest BCUT2D eigenvalue weighted by molar-refractivity contribution is 7.89. The van der Waals surface area contributed by atoms with Crippen LogP contribution in [0.5, 0.6) is 0 Å². The maximum Gasteiger partial charge on any atom is 0.240 e. The molecule has 6 heteroatoms. The molecular formula is C13H21ClN2O2S. The lowest BCUT2D eigenvalue weighted by Gasteiger charge is -2.14. The summed E-state index contributed by atoms with van der Waals surface area (Å²) in [5, 5.41) is 3.44. The third-order valence-corrected chi connectivity index (χ3v) is 4.54. The van der Waals surface area contributed by atoms with Crippen LogP contribution in [0.3, 0.4) is 0 Å². The number of halogens is 1. The van der Waals surface area contributed by atoms with Crippen molar-refractivity contribution in [2.75, 3.05) is 13.6 Å². The highest BCUT2D eigenvalue weighted by Crippen LogP contribution is 2.24. The van der Waals surface area contributed by atoms with E-state index in [1.165, 1.54) is 6.07 Å². The number of benzene rings is 1. The van der Waals surface area contributed by atoms with E-state index in [1.54, 1.807) is 13.0 Å². The minimum absolute atomic E-state index is 0.255. The summed E-state index contributed by atoms with van der Waals surface area (Å²) in [5.41, 5.74) is 1.62. The quantitative estimate of drug-likeness (QED) is 0.848. The van der Waals surface area contributed by atoms with Crippen LogP contribution in [0, 0.1) is 12.8 Å². The van der Waals surface area contributed by atoms with Crippen LogP contribution in [-0.4, -0.2) is 22.0 Å². The first-order valence-electron chi connectivity index (χ1n) is 6.21. The maximum absolute atomic E-state index is 12.3. The maximum atomic E-state index is 12.3. The van der Waals surface area contributed by atoms with Gasteiger partial charge in [0.15, 0.2) is 0 Å². The Morgan fingerprint density at radius 2 is 1.95 bits per heavy atom. The van der Waals surface area contributed by atoms with Crippen LogP contribution in [0.25, 0.3) is 0 Å². The molecule has 0 saturated carbocycles. The minimum Gasteiger partial charge on any atom is -0.316 e. The molecule has 19 heavy (non-hydrogen) atoms. The van der Waals surface area contributed by atoms with Crippen LogP contribution in [0.15, 0.2) is 17.0 Å². The highest BCUT2D eigenvalue weighted by atomic mass is 35.5. The van der Waals surface area contributed by atoms with Gasteiger partial charge in [0.25, 0.3) is 0 Å². The normalized spacial score (nSPS) is 12.1. The lowest BCUT2D eigenvalue weighted by molar-refractivity contribution is 0.559. The zero-order valence-electron chi connectivity index (χ0n) is 11.7. The zero-order valence-corrected chi connectivity index (χ0v) is 13.3. The van der Waals surface area contributed by atoms with Gasteiger partial charge in [-0.3, -0.25) is 0 Å². The van der Waals surface area contributed by atoms with Gasteiger partial charge in [0, 0.05) is 18.1 Å². The van der Waals surface area contributed by atoms with Crippen molar-refractivity contribution in [3.63, 3.8) is 0 Å². The highest BCUT2D eigenvalue weighted by Gasteiger charge is 2.19. The SMILES string of the molecule is CNCc1cc(Cl)cc(S(=O)(=O)NCC(C)C)c1C. The van der Waals surface area contributed by atoms with Crippen LogP contribution in [0.2, 0.25) is 5.02 Å². The largest absolute Gasteiger partial charge is 0.316 e. The Morgan fingerprint density at radius 3 is 2.47 bits per heavy atom. The lowest BCUT2D eigenvalue weighted by atomic mass is 10.1. The Hall–Kier alpha value is -0.620. The first-order chi connectivity index (χ1) is 8.77. The van der Waals surface area contributed by atoms with Crippen molar-refractivity contribution in [2.45, 2.75) is 32.2 Å². The van der Waals surface area contributed by atoms with Crippen LogP contribution in [0.4, 0.5) is 0 Å². The molecule has 0 atom stereocenters. The van der Waals surface area contributed by atoms with Gasteiger partial charge in [-0.1, -0.05) is 25.4 Å². The molecule has 0 spiro atoms. The summed E-state index contributed by atoms with van der Waals surface area (Å²) in [6, 6.07) is 3.29. The fourth-order valence-corrected chi connectivity index (χ4v) is 3.55. The Balaban J connectivity index is 3.18. The lowest BCUT2D eigenvalue weighted by Crippen LogP contribution is -2.28. The predicted octanol–water partition coefficient (Wildman–Crippen LogP) is 2.30. The fraction of sp³-hybridized carbons (Fsp3) is 0.538. The van der Waals surface area contributed by atoms with E-state index in [-0.39, 0.29) is 10.8 Å². The molecule has 0 unspecified atom stereocenters. The third kappa shape index (κ3) is 4.45. The summed E-state index contributed by atoms with van der Waals surface area (Å²) >= 11 is 6.01. The van der Waals surface area contributed by atoms with Crippen molar-refractivity contribution in [3.8, 4) is 0 Å². The molecule has 0 heterocycles. The van der Waals surface area contributed by atoms with Crippen molar-refractivity contribution >= 4 is 21.6 Å². The molecule has 0 saturated heterocycles. The number of nitrogens with one attached hydrogen (secondary N) is 2. The van der Waals surface area contributed by atoms with Gasteiger partial charge >= 0.3 is 0 Å². The second kappa shape index (κ2) is 6.70. The van der Waals surface area contributed by atoms with Crippen molar-refractivity contribution < 1.29 is 8.42 Å². The average molecular weight is 305 g/mol. The van der Waals surface area contributed by atoms with Crippen molar-refractivity contribution in [3.05, 3.63) is 28.3 Å². The Kier molecular flexibility index (Phi) is 5.80. The zero-order chi connectivity index (χ0) is 14.6. The Bertz CT molecular complexity index is 542. The van der Waals surface area contributed by atoms with Gasteiger partial charge in [0.05, 0.1) is 4.90 Å².